The van der Waals surface area contributed by atoms with Gasteiger partial charge in [-0.1, -0.05) is 6.92 Å². The average molecular weight is 225 g/mol. The molecule has 1 aliphatic rings. The van der Waals surface area contributed by atoms with Gasteiger partial charge in [0, 0.05) is 12.1 Å². The lowest BCUT2D eigenvalue weighted by Gasteiger charge is -2.14. The molecule has 1 N–H and O–H groups in total. The van der Waals surface area contributed by atoms with Gasteiger partial charge in [-0.05, 0) is 49.4 Å². The van der Waals surface area contributed by atoms with Crippen molar-refractivity contribution in [1.82, 2.24) is 5.32 Å². The van der Waals surface area contributed by atoms with Crippen molar-refractivity contribution in [2.24, 2.45) is 11.8 Å². The second-order valence-electron chi connectivity index (χ2n) is 4.81. The van der Waals surface area contributed by atoms with Gasteiger partial charge in [-0.3, -0.25) is 0 Å². The zero-order chi connectivity index (χ0) is 11.7. The number of benzene rings is 1. The van der Waals surface area contributed by atoms with E-state index >= 15 is 0 Å². The molecule has 0 aromatic heterocycles. The van der Waals surface area contributed by atoms with Crippen LogP contribution in [-0.2, 0) is 0 Å². The Morgan fingerprint density at radius 1 is 1.31 bits per heavy atom. The van der Waals surface area contributed by atoms with Gasteiger partial charge in [0.15, 0.2) is 0 Å². The molecule has 3 unspecified atom stereocenters. The number of rotatable bonds is 4. The average Bonchev–Trinajstić information content (AvgIpc) is 2.89. The predicted octanol–water partition coefficient (Wildman–Crippen LogP) is 3.27. The molecule has 88 valence electrons. The highest BCUT2D eigenvalue weighted by molar-refractivity contribution is 5.20. The van der Waals surface area contributed by atoms with Gasteiger partial charge < -0.3 is 5.32 Å². The third-order valence-corrected chi connectivity index (χ3v) is 3.35. The molecule has 3 heteroatoms. The summed E-state index contributed by atoms with van der Waals surface area (Å²) in [6.45, 7) is 5.08. The molecule has 0 amide bonds. The molecular formula is C13H17F2N. The second-order valence-corrected chi connectivity index (χ2v) is 4.81. The zero-order valence-electron chi connectivity index (χ0n) is 9.63. The Morgan fingerprint density at radius 3 is 2.38 bits per heavy atom. The highest BCUT2D eigenvalue weighted by atomic mass is 19.1. The summed E-state index contributed by atoms with van der Waals surface area (Å²) in [6.07, 6.45) is 1.26. The highest BCUT2D eigenvalue weighted by Gasteiger charge is 2.32. The number of nitrogens with one attached hydrogen (secondary N) is 1. The van der Waals surface area contributed by atoms with Gasteiger partial charge >= 0.3 is 0 Å². The molecule has 0 aliphatic heterocycles. The van der Waals surface area contributed by atoms with E-state index in [0.717, 1.165) is 24.4 Å². The second kappa shape index (κ2) is 4.50. The first-order chi connectivity index (χ1) is 7.56. The van der Waals surface area contributed by atoms with Crippen molar-refractivity contribution >= 4 is 0 Å². The van der Waals surface area contributed by atoms with Crippen molar-refractivity contribution in [3.63, 3.8) is 0 Å². The summed E-state index contributed by atoms with van der Waals surface area (Å²) >= 11 is 0. The Kier molecular flexibility index (Phi) is 3.24. The Hall–Kier alpha value is -0.960. The molecule has 1 saturated carbocycles. The Bertz CT molecular complexity index is 358. The van der Waals surface area contributed by atoms with Gasteiger partial charge in [0.25, 0.3) is 0 Å². The van der Waals surface area contributed by atoms with E-state index in [4.69, 9.17) is 0 Å². The molecule has 0 radical (unpaired) electrons. The lowest BCUT2D eigenvalue weighted by molar-refractivity contribution is 0.522. The SMILES string of the molecule is CC(NCC1CC1C)c1cc(F)cc(F)c1. The Morgan fingerprint density at radius 2 is 1.88 bits per heavy atom. The van der Waals surface area contributed by atoms with Crippen molar-refractivity contribution in [1.29, 1.82) is 0 Å². The fourth-order valence-electron chi connectivity index (χ4n) is 1.95. The number of hydrogen-bond acceptors (Lipinski definition) is 1. The fourth-order valence-corrected chi connectivity index (χ4v) is 1.95. The molecule has 0 bridgehead atoms. The molecule has 0 heterocycles. The quantitative estimate of drug-likeness (QED) is 0.829. The largest absolute Gasteiger partial charge is 0.310 e. The van der Waals surface area contributed by atoms with E-state index < -0.39 is 11.6 Å². The van der Waals surface area contributed by atoms with Gasteiger partial charge in [-0.25, -0.2) is 8.78 Å². The van der Waals surface area contributed by atoms with Crippen molar-refractivity contribution in [3.05, 3.63) is 35.4 Å². The first kappa shape index (κ1) is 11.5. The molecule has 1 aromatic rings. The maximum atomic E-state index is 13.0. The molecule has 1 nitrogen and oxygen atoms in total. The van der Waals surface area contributed by atoms with Crippen LogP contribution in [0.5, 0.6) is 0 Å². The van der Waals surface area contributed by atoms with E-state index in [1.54, 1.807) is 0 Å². The summed E-state index contributed by atoms with van der Waals surface area (Å²) in [5.74, 6) is 0.511. The Balaban J connectivity index is 1.94. The lowest BCUT2D eigenvalue weighted by Crippen LogP contribution is -2.21. The minimum absolute atomic E-state index is 0.00185. The monoisotopic (exact) mass is 225 g/mol. The summed E-state index contributed by atoms with van der Waals surface area (Å²) < 4.78 is 26.0. The third kappa shape index (κ3) is 2.79. The molecule has 16 heavy (non-hydrogen) atoms. The normalized spacial score (nSPS) is 25.5. The van der Waals surface area contributed by atoms with Gasteiger partial charge in [0.1, 0.15) is 11.6 Å². The topological polar surface area (TPSA) is 12.0 Å². The van der Waals surface area contributed by atoms with Crippen molar-refractivity contribution in [2.75, 3.05) is 6.54 Å². The minimum atomic E-state index is -0.511. The van der Waals surface area contributed by atoms with Gasteiger partial charge in [0.2, 0.25) is 0 Å². The van der Waals surface area contributed by atoms with E-state index in [9.17, 15) is 8.78 Å². The van der Waals surface area contributed by atoms with Crippen LogP contribution in [0.1, 0.15) is 31.9 Å². The van der Waals surface area contributed by atoms with Crippen LogP contribution in [0, 0.1) is 23.5 Å². The van der Waals surface area contributed by atoms with E-state index in [1.807, 2.05) is 6.92 Å². The van der Waals surface area contributed by atoms with Crippen LogP contribution in [0.15, 0.2) is 18.2 Å². The van der Waals surface area contributed by atoms with Crippen LogP contribution >= 0.6 is 0 Å². The predicted molar refractivity (Wildman–Crippen MR) is 60.0 cm³/mol. The Labute approximate surface area is 94.9 Å². The lowest BCUT2D eigenvalue weighted by atomic mass is 10.1. The molecular weight excluding hydrogens is 208 g/mol. The smallest absolute Gasteiger partial charge is 0.126 e. The molecule has 3 atom stereocenters. The fraction of sp³-hybridized carbons (Fsp3) is 0.538. The molecule has 0 spiro atoms. The maximum absolute atomic E-state index is 13.0. The third-order valence-electron chi connectivity index (χ3n) is 3.35. The number of halogens is 2. The van der Waals surface area contributed by atoms with Crippen molar-refractivity contribution in [3.8, 4) is 0 Å². The maximum Gasteiger partial charge on any atom is 0.126 e. The first-order valence-corrected chi connectivity index (χ1v) is 5.75. The van der Waals surface area contributed by atoms with Gasteiger partial charge in [-0.2, -0.15) is 0 Å². The first-order valence-electron chi connectivity index (χ1n) is 5.75. The standard InChI is InChI=1S/C13H17F2N/c1-8-3-11(8)7-16-9(2)10-4-12(14)6-13(15)5-10/h4-6,8-9,11,16H,3,7H2,1-2H3. The van der Waals surface area contributed by atoms with Gasteiger partial charge in [0.05, 0.1) is 0 Å². The highest BCUT2D eigenvalue weighted by Crippen LogP contribution is 2.37. The molecule has 1 aromatic carbocycles. The van der Waals surface area contributed by atoms with Crippen molar-refractivity contribution < 1.29 is 8.78 Å². The van der Waals surface area contributed by atoms with Gasteiger partial charge in [-0.15, -0.1) is 0 Å². The summed E-state index contributed by atoms with van der Waals surface area (Å²) in [6, 6.07) is 3.67. The van der Waals surface area contributed by atoms with E-state index in [2.05, 4.69) is 12.2 Å². The van der Waals surface area contributed by atoms with E-state index in [1.165, 1.54) is 18.6 Å². The zero-order valence-corrected chi connectivity index (χ0v) is 9.63. The summed E-state index contributed by atoms with van der Waals surface area (Å²) in [4.78, 5) is 0. The van der Waals surface area contributed by atoms with Crippen LogP contribution in [0.25, 0.3) is 0 Å². The molecule has 1 aliphatic carbocycles. The van der Waals surface area contributed by atoms with E-state index in [-0.39, 0.29) is 6.04 Å². The van der Waals surface area contributed by atoms with Crippen LogP contribution < -0.4 is 5.32 Å². The van der Waals surface area contributed by atoms with Crippen LogP contribution in [0.2, 0.25) is 0 Å². The summed E-state index contributed by atoms with van der Waals surface area (Å²) in [5.41, 5.74) is 0.672. The van der Waals surface area contributed by atoms with E-state index in [0.29, 0.717) is 5.56 Å². The van der Waals surface area contributed by atoms with Crippen LogP contribution in [-0.4, -0.2) is 6.54 Å². The van der Waals surface area contributed by atoms with Crippen LogP contribution in [0.4, 0.5) is 8.78 Å². The number of hydrogen-bond donors (Lipinski definition) is 1. The molecule has 0 saturated heterocycles. The van der Waals surface area contributed by atoms with Crippen molar-refractivity contribution in [2.45, 2.75) is 26.3 Å². The summed E-state index contributed by atoms with van der Waals surface area (Å²) in [7, 11) is 0. The molecule has 2 rings (SSSR count). The van der Waals surface area contributed by atoms with Crippen LogP contribution in [0.3, 0.4) is 0 Å². The minimum Gasteiger partial charge on any atom is -0.310 e. The molecule has 1 fully saturated rings. The summed E-state index contributed by atoms with van der Waals surface area (Å²) in [5, 5.41) is 3.31.